The Morgan fingerprint density at radius 3 is 2.20 bits per heavy atom. The van der Waals surface area contributed by atoms with E-state index in [0.29, 0.717) is 0 Å². The van der Waals surface area contributed by atoms with E-state index in [0.717, 1.165) is 0 Å². The summed E-state index contributed by atoms with van der Waals surface area (Å²) in [7, 11) is 0. The predicted molar refractivity (Wildman–Crippen MR) is 45.4 cm³/mol. The van der Waals surface area contributed by atoms with Crippen molar-refractivity contribution in [3.8, 4) is 0 Å². The van der Waals surface area contributed by atoms with Gasteiger partial charge in [0.05, 0.1) is 0 Å². The summed E-state index contributed by atoms with van der Waals surface area (Å²) in [5.41, 5.74) is -2.16. The van der Waals surface area contributed by atoms with Crippen molar-refractivity contribution in [3.05, 3.63) is 0 Å². The van der Waals surface area contributed by atoms with E-state index >= 15 is 0 Å². The fraction of sp³-hybridized carbons (Fsp3) is 0.714. The molecule has 1 aliphatic carbocycles. The van der Waals surface area contributed by atoms with Crippen LogP contribution < -0.4 is 10.6 Å². The van der Waals surface area contributed by atoms with Crippen molar-refractivity contribution < 1.29 is 22.8 Å². The Morgan fingerprint density at radius 2 is 1.87 bits per heavy atom. The van der Waals surface area contributed by atoms with Crippen LogP contribution in [-0.2, 0) is 4.79 Å². The second-order valence-electron chi connectivity index (χ2n) is 3.22. The molecule has 1 aliphatic rings. The molecule has 0 aromatic rings. The van der Waals surface area contributed by atoms with Crippen LogP contribution >= 0.6 is 11.6 Å². The van der Waals surface area contributed by atoms with Crippen LogP contribution in [0.3, 0.4) is 0 Å². The highest BCUT2D eigenvalue weighted by molar-refractivity contribution is 6.28. The van der Waals surface area contributed by atoms with Crippen molar-refractivity contribution in [2.75, 3.05) is 5.88 Å². The number of nitrogens with one attached hydrogen (secondary N) is 2. The third-order valence-corrected chi connectivity index (χ3v) is 2.26. The van der Waals surface area contributed by atoms with Gasteiger partial charge in [-0.3, -0.25) is 10.1 Å². The summed E-state index contributed by atoms with van der Waals surface area (Å²) in [5.74, 6) is -1.32. The van der Waals surface area contributed by atoms with Crippen molar-refractivity contribution in [2.45, 2.75) is 24.6 Å². The Bertz CT molecular complexity index is 288. The molecule has 0 bridgehead atoms. The second kappa shape index (κ2) is 3.88. The SMILES string of the molecule is O=C(CCl)NC(=O)NC1(C(F)(F)F)CC1. The van der Waals surface area contributed by atoms with Gasteiger partial charge in [-0.15, -0.1) is 11.6 Å². The zero-order chi connectivity index (χ0) is 11.7. The molecule has 1 saturated carbocycles. The molecular weight excluding hydrogens is 237 g/mol. The molecule has 0 heterocycles. The Morgan fingerprint density at radius 1 is 1.33 bits per heavy atom. The highest BCUT2D eigenvalue weighted by Gasteiger charge is 2.64. The van der Waals surface area contributed by atoms with Gasteiger partial charge in [0, 0.05) is 0 Å². The Hall–Kier alpha value is -0.980. The zero-order valence-electron chi connectivity index (χ0n) is 7.45. The number of hydrogen-bond acceptors (Lipinski definition) is 2. The summed E-state index contributed by atoms with van der Waals surface area (Å²) in [4.78, 5) is 21.5. The van der Waals surface area contributed by atoms with Crippen LogP contribution in [0.5, 0.6) is 0 Å². The molecule has 86 valence electrons. The number of halogens is 4. The quantitative estimate of drug-likeness (QED) is 0.716. The normalized spacial score (nSPS) is 18.1. The molecule has 0 unspecified atom stereocenters. The molecule has 3 amide bonds. The maximum atomic E-state index is 12.3. The van der Waals surface area contributed by atoms with Gasteiger partial charge < -0.3 is 5.32 Å². The van der Waals surface area contributed by atoms with Gasteiger partial charge in [0.2, 0.25) is 5.91 Å². The fourth-order valence-corrected chi connectivity index (χ4v) is 1.08. The van der Waals surface area contributed by atoms with Crippen LogP contribution in [-0.4, -0.2) is 29.5 Å². The van der Waals surface area contributed by atoms with E-state index < -0.39 is 29.5 Å². The van der Waals surface area contributed by atoms with Crippen LogP contribution in [0.1, 0.15) is 12.8 Å². The van der Waals surface area contributed by atoms with E-state index in [1.807, 2.05) is 0 Å². The minimum Gasteiger partial charge on any atom is -0.323 e. The maximum absolute atomic E-state index is 12.3. The lowest BCUT2D eigenvalue weighted by Gasteiger charge is -2.20. The third-order valence-electron chi connectivity index (χ3n) is 2.02. The first-order valence-electron chi connectivity index (χ1n) is 4.05. The van der Waals surface area contributed by atoms with Gasteiger partial charge in [0.15, 0.2) is 0 Å². The summed E-state index contributed by atoms with van der Waals surface area (Å²) < 4.78 is 37.0. The van der Waals surface area contributed by atoms with Gasteiger partial charge in [-0.05, 0) is 12.8 Å². The van der Waals surface area contributed by atoms with Crippen LogP contribution in [0.25, 0.3) is 0 Å². The van der Waals surface area contributed by atoms with Gasteiger partial charge in [0.25, 0.3) is 0 Å². The van der Waals surface area contributed by atoms with Crippen LogP contribution in [0.2, 0.25) is 0 Å². The highest BCUT2D eigenvalue weighted by atomic mass is 35.5. The molecule has 4 nitrogen and oxygen atoms in total. The Balaban J connectivity index is 2.49. The lowest BCUT2D eigenvalue weighted by atomic mass is 10.3. The molecule has 0 spiro atoms. The lowest BCUT2D eigenvalue weighted by molar-refractivity contribution is -0.162. The number of hydrogen-bond donors (Lipinski definition) is 2. The number of imide groups is 1. The van der Waals surface area contributed by atoms with E-state index in [1.54, 1.807) is 10.6 Å². The number of rotatable bonds is 2. The summed E-state index contributed by atoms with van der Waals surface area (Å²) in [6.07, 6.45) is -4.83. The van der Waals surface area contributed by atoms with Crippen molar-refractivity contribution in [2.24, 2.45) is 0 Å². The number of carbonyl (C=O) groups is 2. The summed E-state index contributed by atoms with van der Waals surface area (Å²) in [5, 5.41) is 3.39. The molecule has 1 fully saturated rings. The Kier molecular flexibility index (Phi) is 3.13. The van der Waals surface area contributed by atoms with Gasteiger partial charge >= 0.3 is 12.2 Å². The van der Waals surface area contributed by atoms with E-state index in [-0.39, 0.29) is 12.8 Å². The number of carbonyl (C=O) groups excluding carboxylic acids is 2. The minimum absolute atomic E-state index is 0.168. The number of urea groups is 1. The summed E-state index contributed by atoms with van der Waals surface area (Å²) in [6, 6.07) is -1.17. The average molecular weight is 245 g/mol. The summed E-state index contributed by atoms with van der Waals surface area (Å²) in [6.45, 7) is 0. The van der Waals surface area contributed by atoms with Crippen molar-refractivity contribution >= 4 is 23.5 Å². The molecule has 2 N–H and O–H groups in total. The van der Waals surface area contributed by atoms with E-state index in [9.17, 15) is 22.8 Å². The molecule has 0 atom stereocenters. The average Bonchev–Trinajstić information content (AvgIpc) is 2.83. The molecule has 0 radical (unpaired) electrons. The van der Waals surface area contributed by atoms with E-state index in [2.05, 4.69) is 0 Å². The minimum atomic E-state index is -4.49. The topological polar surface area (TPSA) is 58.2 Å². The zero-order valence-corrected chi connectivity index (χ0v) is 8.21. The van der Waals surface area contributed by atoms with Crippen molar-refractivity contribution in [3.63, 3.8) is 0 Å². The molecule has 8 heteroatoms. The van der Waals surface area contributed by atoms with Crippen LogP contribution in [0.4, 0.5) is 18.0 Å². The second-order valence-corrected chi connectivity index (χ2v) is 3.48. The fourth-order valence-electron chi connectivity index (χ4n) is 1.01. The van der Waals surface area contributed by atoms with Crippen LogP contribution in [0, 0.1) is 0 Å². The molecule has 0 saturated heterocycles. The van der Waals surface area contributed by atoms with Crippen LogP contribution in [0.15, 0.2) is 0 Å². The predicted octanol–water partition coefficient (Wildman–Crippen LogP) is 1.15. The summed E-state index contributed by atoms with van der Waals surface area (Å²) >= 11 is 5.06. The van der Waals surface area contributed by atoms with E-state index in [4.69, 9.17) is 11.6 Å². The van der Waals surface area contributed by atoms with E-state index in [1.165, 1.54) is 0 Å². The molecular formula is C7H8ClF3N2O2. The number of amides is 3. The lowest BCUT2D eigenvalue weighted by Crippen LogP contribution is -2.52. The Labute approximate surface area is 88.1 Å². The molecule has 1 rings (SSSR count). The number of alkyl halides is 4. The largest absolute Gasteiger partial charge is 0.411 e. The van der Waals surface area contributed by atoms with Crippen molar-refractivity contribution in [1.29, 1.82) is 0 Å². The van der Waals surface area contributed by atoms with Gasteiger partial charge in [-0.1, -0.05) is 0 Å². The first-order valence-corrected chi connectivity index (χ1v) is 4.59. The first-order chi connectivity index (χ1) is 6.81. The molecule has 0 aromatic carbocycles. The highest BCUT2D eigenvalue weighted by Crippen LogP contribution is 2.48. The molecule has 0 aliphatic heterocycles. The monoisotopic (exact) mass is 244 g/mol. The third kappa shape index (κ3) is 2.74. The standard InChI is InChI=1S/C7H8ClF3N2O2/c8-3-4(14)12-5(15)13-6(1-2-6)7(9,10)11/h1-3H2,(H2,12,13,14,15). The maximum Gasteiger partial charge on any atom is 0.411 e. The van der Waals surface area contributed by atoms with Gasteiger partial charge in [0.1, 0.15) is 11.4 Å². The first kappa shape index (κ1) is 12.1. The molecule has 15 heavy (non-hydrogen) atoms. The molecule has 0 aromatic heterocycles. The smallest absolute Gasteiger partial charge is 0.323 e. The van der Waals surface area contributed by atoms with Gasteiger partial charge in [-0.25, -0.2) is 4.79 Å². The van der Waals surface area contributed by atoms with Gasteiger partial charge in [-0.2, -0.15) is 13.2 Å². The van der Waals surface area contributed by atoms with Crippen molar-refractivity contribution in [1.82, 2.24) is 10.6 Å².